The van der Waals surface area contributed by atoms with E-state index in [1.54, 1.807) is 30.5 Å². The largest absolute Gasteiger partial charge is 0.348 e. The molecule has 2 N–H and O–H groups in total. The number of pyridine rings is 1. The molecule has 6 heteroatoms. The Morgan fingerprint density at radius 3 is 2.84 bits per heavy atom. The first kappa shape index (κ1) is 11.6. The van der Waals surface area contributed by atoms with Crippen LogP contribution in [0.15, 0.2) is 36.8 Å². The number of amides is 1. The zero-order chi connectivity index (χ0) is 13.1. The molecule has 1 amide bonds. The van der Waals surface area contributed by atoms with E-state index in [-0.39, 0.29) is 5.91 Å². The third-order valence-electron chi connectivity index (χ3n) is 2.73. The second-order valence-electron chi connectivity index (χ2n) is 4.38. The first-order valence-corrected chi connectivity index (χ1v) is 6.12. The number of carbonyl (C=O) groups is 1. The number of anilines is 2. The van der Waals surface area contributed by atoms with Gasteiger partial charge in [0.15, 0.2) is 0 Å². The fourth-order valence-corrected chi connectivity index (χ4v) is 1.61. The van der Waals surface area contributed by atoms with Gasteiger partial charge in [-0.1, -0.05) is 6.07 Å². The van der Waals surface area contributed by atoms with Crippen molar-refractivity contribution in [1.82, 2.24) is 20.3 Å². The Morgan fingerprint density at radius 1 is 1.21 bits per heavy atom. The predicted octanol–water partition coefficient (Wildman–Crippen LogP) is 1.51. The van der Waals surface area contributed by atoms with E-state index in [1.165, 1.54) is 6.33 Å². The van der Waals surface area contributed by atoms with Gasteiger partial charge >= 0.3 is 0 Å². The van der Waals surface area contributed by atoms with Gasteiger partial charge in [0.1, 0.15) is 23.7 Å². The molecule has 1 saturated carbocycles. The van der Waals surface area contributed by atoms with Crippen LogP contribution in [0.5, 0.6) is 0 Å². The monoisotopic (exact) mass is 255 g/mol. The van der Waals surface area contributed by atoms with Crippen LogP contribution in [-0.2, 0) is 0 Å². The van der Waals surface area contributed by atoms with Crippen LogP contribution >= 0.6 is 0 Å². The number of carbonyl (C=O) groups excluding carboxylic acids is 1. The van der Waals surface area contributed by atoms with Gasteiger partial charge in [0.2, 0.25) is 0 Å². The quantitative estimate of drug-likeness (QED) is 0.865. The van der Waals surface area contributed by atoms with Crippen LogP contribution in [0, 0.1) is 0 Å². The molecule has 0 bridgehead atoms. The molecule has 1 aliphatic rings. The lowest BCUT2D eigenvalue weighted by atomic mass is 10.3. The number of nitrogens with zero attached hydrogens (tertiary/aromatic N) is 3. The Hall–Kier alpha value is -2.50. The van der Waals surface area contributed by atoms with Crippen molar-refractivity contribution in [2.75, 3.05) is 5.32 Å². The summed E-state index contributed by atoms with van der Waals surface area (Å²) >= 11 is 0. The molecule has 2 aromatic heterocycles. The Bertz CT molecular complexity index is 583. The van der Waals surface area contributed by atoms with Gasteiger partial charge in [-0.05, 0) is 31.0 Å². The Morgan fingerprint density at radius 2 is 2.11 bits per heavy atom. The maximum absolute atomic E-state index is 11.9. The molecule has 2 aromatic rings. The zero-order valence-corrected chi connectivity index (χ0v) is 10.2. The predicted molar refractivity (Wildman–Crippen MR) is 70.0 cm³/mol. The molecular formula is C13H13N5O. The Balaban J connectivity index is 1.73. The molecule has 0 aliphatic heterocycles. The van der Waals surface area contributed by atoms with E-state index >= 15 is 0 Å². The molecule has 19 heavy (non-hydrogen) atoms. The summed E-state index contributed by atoms with van der Waals surface area (Å²) in [7, 11) is 0. The van der Waals surface area contributed by atoms with Crippen LogP contribution in [-0.4, -0.2) is 26.9 Å². The van der Waals surface area contributed by atoms with E-state index in [2.05, 4.69) is 25.6 Å². The van der Waals surface area contributed by atoms with Crippen LogP contribution in [0.25, 0.3) is 0 Å². The number of nitrogens with one attached hydrogen (secondary N) is 2. The van der Waals surface area contributed by atoms with Crippen LogP contribution in [0.2, 0.25) is 0 Å². The van der Waals surface area contributed by atoms with Gasteiger partial charge in [0.25, 0.3) is 5.91 Å². The minimum absolute atomic E-state index is 0.131. The van der Waals surface area contributed by atoms with E-state index in [0.717, 1.165) is 12.8 Å². The van der Waals surface area contributed by atoms with Gasteiger partial charge in [-0.15, -0.1) is 0 Å². The van der Waals surface area contributed by atoms with Crippen molar-refractivity contribution in [1.29, 1.82) is 0 Å². The van der Waals surface area contributed by atoms with Crippen molar-refractivity contribution < 1.29 is 4.79 Å². The highest BCUT2D eigenvalue weighted by molar-refractivity contribution is 5.93. The van der Waals surface area contributed by atoms with E-state index in [0.29, 0.717) is 23.4 Å². The average Bonchev–Trinajstić information content (AvgIpc) is 3.24. The normalized spacial score (nSPS) is 13.9. The molecule has 2 heterocycles. The smallest absolute Gasteiger partial charge is 0.270 e. The summed E-state index contributed by atoms with van der Waals surface area (Å²) in [6.45, 7) is 0. The van der Waals surface area contributed by atoms with Gasteiger partial charge in [-0.25, -0.2) is 15.0 Å². The molecule has 0 aromatic carbocycles. The highest BCUT2D eigenvalue weighted by Gasteiger charge is 2.24. The van der Waals surface area contributed by atoms with Crippen molar-refractivity contribution in [2.45, 2.75) is 18.9 Å². The average molecular weight is 255 g/mol. The summed E-state index contributed by atoms with van der Waals surface area (Å²) < 4.78 is 0. The first-order valence-electron chi connectivity index (χ1n) is 6.12. The van der Waals surface area contributed by atoms with Crippen molar-refractivity contribution in [2.24, 2.45) is 0 Å². The van der Waals surface area contributed by atoms with Crippen molar-refractivity contribution in [3.63, 3.8) is 0 Å². The molecule has 0 saturated heterocycles. The molecular weight excluding hydrogens is 242 g/mol. The van der Waals surface area contributed by atoms with Gasteiger partial charge in [0.05, 0.1) is 0 Å². The number of hydrogen-bond acceptors (Lipinski definition) is 5. The van der Waals surface area contributed by atoms with Crippen molar-refractivity contribution in [3.05, 3.63) is 42.5 Å². The third kappa shape index (κ3) is 3.04. The summed E-state index contributed by atoms with van der Waals surface area (Å²) in [5, 5.41) is 5.93. The van der Waals surface area contributed by atoms with E-state index in [4.69, 9.17) is 0 Å². The Labute approximate surface area is 110 Å². The van der Waals surface area contributed by atoms with Gasteiger partial charge in [0, 0.05) is 12.2 Å². The minimum atomic E-state index is -0.131. The molecule has 6 nitrogen and oxygen atoms in total. The summed E-state index contributed by atoms with van der Waals surface area (Å²) in [6, 6.07) is 7.34. The second-order valence-corrected chi connectivity index (χ2v) is 4.38. The summed E-state index contributed by atoms with van der Waals surface area (Å²) in [5.41, 5.74) is 0.408. The summed E-state index contributed by atoms with van der Waals surface area (Å²) in [5.74, 6) is 1.10. The molecule has 96 valence electrons. The van der Waals surface area contributed by atoms with Crippen LogP contribution in [0.3, 0.4) is 0 Å². The first-order chi connectivity index (χ1) is 9.31. The number of hydrogen-bond donors (Lipinski definition) is 2. The molecule has 0 spiro atoms. The SMILES string of the molecule is O=C(NC1CC1)c1cccc(Nc2ccncn2)n1. The number of aromatic nitrogens is 3. The maximum atomic E-state index is 11.9. The molecule has 3 rings (SSSR count). The van der Waals surface area contributed by atoms with Crippen molar-refractivity contribution >= 4 is 17.5 Å². The lowest BCUT2D eigenvalue weighted by Gasteiger charge is -2.06. The second kappa shape index (κ2) is 5.01. The highest BCUT2D eigenvalue weighted by atomic mass is 16.2. The molecule has 0 atom stereocenters. The van der Waals surface area contributed by atoms with E-state index in [9.17, 15) is 4.79 Å². The molecule has 0 radical (unpaired) electrons. The fourth-order valence-electron chi connectivity index (χ4n) is 1.61. The summed E-state index contributed by atoms with van der Waals surface area (Å²) in [6.07, 6.45) is 5.21. The van der Waals surface area contributed by atoms with Crippen LogP contribution in [0.1, 0.15) is 23.3 Å². The Kier molecular flexibility index (Phi) is 3.06. The molecule has 1 fully saturated rings. The zero-order valence-electron chi connectivity index (χ0n) is 10.2. The minimum Gasteiger partial charge on any atom is -0.348 e. The maximum Gasteiger partial charge on any atom is 0.270 e. The fraction of sp³-hybridized carbons (Fsp3) is 0.231. The van der Waals surface area contributed by atoms with Gasteiger partial charge < -0.3 is 10.6 Å². The van der Waals surface area contributed by atoms with E-state index < -0.39 is 0 Å². The van der Waals surface area contributed by atoms with Gasteiger partial charge in [-0.2, -0.15) is 0 Å². The number of rotatable bonds is 4. The molecule has 0 unspecified atom stereocenters. The van der Waals surface area contributed by atoms with Crippen LogP contribution < -0.4 is 10.6 Å². The molecule has 1 aliphatic carbocycles. The lowest BCUT2D eigenvalue weighted by molar-refractivity contribution is 0.0946. The van der Waals surface area contributed by atoms with E-state index in [1.807, 2.05) is 0 Å². The highest BCUT2D eigenvalue weighted by Crippen LogP contribution is 2.19. The topological polar surface area (TPSA) is 79.8 Å². The standard InChI is InChI=1S/C13H13N5O/c19-13(16-9-4-5-9)10-2-1-3-12(17-10)18-11-6-7-14-8-15-11/h1-3,6-9H,4-5H2,(H,16,19)(H,14,15,17,18). The summed E-state index contributed by atoms with van der Waals surface area (Å²) in [4.78, 5) is 24.0. The van der Waals surface area contributed by atoms with Gasteiger partial charge in [-0.3, -0.25) is 4.79 Å². The van der Waals surface area contributed by atoms with Crippen molar-refractivity contribution in [3.8, 4) is 0 Å². The van der Waals surface area contributed by atoms with Crippen LogP contribution in [0.4, 0.5) is 11.6 Å². The lowest BCUT2D eigenvalue weighted by Crippen LogP contribution is -2.26. The third-order valence-corrected chi connectivity index (χ3v) is 2.73.